The predicted octanol–water partition coefficient (Wildman–Crippen LogP) is 4.66. The van der Waals surface area contributed by atoms with E-state index in [2.05, 4.69) is 25.5 Å². The number of anilines is 6. The van der Waals surface area contributed by atoms with E-state index in [0.717, 1.165) is 31.6 Å². The minimum Gasteiger partial charge on any atom is -0.495 e. The van der Waals surface area contributed by atoms with E-state index in [-0.39, 0.29) is 16.7 Å². The van der Waals surface area contributed by atoms with Crippen molar-refractivity contribution in [2.24, 2.45) is 5.73 Å². The fraction of sp³-hybridized carbons (Fsp3) is 0.292. The normalized spacial score (nSPS) is 13.1. The minimum atomic E-state index is -0.933. The topological polar surface area (TPSA) is 150 Å². The average molecular weight is 514 g/mol. The Morgan fingerprint density at radius 3 is 2.44 bits per heavy atom. The van der Waals surface area contributed by atoms with Gasteiger partial charge in [0.2, 0.25) is 5.95 Å². The first-order chi connectivity index (χ1) is 17.4. The maximum atomic E-state index is 11.1. The second-order valence-corrected chi connectivity index (χ2v) is 8.49. The molecule has 0 aliphatic carbocycles. The van der Waals surface area contributed by atoms with Crippen LogP contribution in [0.1, 0.15) is 19.3 Å². The third kappa shape index (κ3) is 5.74. The van der Waals surface area contributed by atoms with Crippen molar-refractivity contribution in [1.82, 2.24) is 9.97 Å². The number of aromatic nitrogens is 2. The van der Waals surface area contributed by atoms with E-state index in [1.54, 1.807) is 19.2 Å². The number of carbonyl (C=O) groups excluding carboxylic acids is 1. The minimum absolute atomic E-state index is 0.225. The molecular formula is C24H28ClN7O4. The van der Waals surface area contributed by atoms with Crippen LogP contribution >= 0.6 is 11.6 Å². The summed E-state index contributed by atoms with van der Waals surface area (Å²) in [6, 6.07) is 8.44. The van der Waals surface area contributed by atoms with Crippen LogP contribution in [0.15, 0.2) is 36.5 Å². The van der Waals surface area contributed by atoms with Crippen LogP contribution in [0.2, 0.25) is 5.02 Å². The van der Waals surface area contributed by atoms with Crippen LogP contribution in [0.5, 0.6) is 17.2 Å². The Bertz CT molecular complexity index is 1250. The fourth-order valence-corrected chi connectivity index (χ4v) is 4.13. The van der Waals surface area contributed by atoms with Gasteiger partial charge in [0.25, 0.3) is 0 Å². The summed E-state index contributed by atoms with van der Waals surface area (Å²) >= 11 is 6.35. The second kappa shape index (κ2) is 11.1. The molecular weight excluding hydrogens is 486 g/mol. The Hall–Kier alpha value is -4.12. The number of nitrogen functional groups attached to an aromatic ring is 1. The van der Waals surface area contributed by atoms with Gasteiger partial charge >= 0.3 is 6.09 Å². The van der Waals surface area contributed by atoms with Gasteiger partial charge < -0.3 is 41.2 Å². The Labute approximate surface area is 213 Å². The molecule has 4 rings (SSSR count). The monoisotopic (exact) mass is 513 g/mol. The Kier molecular flexibility index (Phi) is 7.69. The van der Waals surface area contributed by atoms with Crippen LogP contribution in [0.4, 0.5) is 39.3 Å². The number of piperidine rings is 1. The third-order valence-corrected chi connectivity index (χ3v) is 5.96. The smallest absolute Gasteiger partial charge is 0.409 e. The molecule has 2 aromatic carbocycles. The van der Waals surface area contributed by atoms with Crippen LogP contribution in [0.3, 0.4) is 0 Å². The predicted molar refractivity (Wildman–Crippen MR) is 140 cm³/mol. The zero-order chi connectivity index (χ0) is 25.7. The summed E-state index contributed by atoms with van der Waals surface area (Å²) in [6.45, 7) is 1.93. The van der Waals surface area contributed by atoms with Crippen LogP contribution in [-0.4, -0.2) is 43.4 Å². The number of carbonyl (C=O) groups is 1. The molecule has 1 saturated heterocycles. The van der Waals surface area contributed by atoms with Crippen molar-refractivity contribution >= 4 is 52.2 Å². The maximum Gasteiger partial charge on any atom is 0.409 e. The summed E-state index contributed by atoms with van der Waals surface area (Å²) in [4.78, 5) is 22.2. The highest BCUT2D eigenvalue weighted by molar-refractivity contribution is 6.33. The second-order valence-electron chi connectivity index (χ2n) is 8.08. The van der Waals surface area contributed by atoms with Crippen molar-refractivity contribution in [3.8, 4) is 17.2 Å². The van der Waals surface area contributed by atoms with E-state index in [0.29, 0.717) is 34.4 Å². The number of halogens is 1. The first-order valence-corrected chi connectivity index (χ1v) is 11.7. The molecule has 6 N–H and O–H groups in total. The van der Waals surface area contributed by atoms with Crippen molar-refractivity contribution in [2.75, 3.05) is 48.6 Å². The van der Waals surface area contributed by atoms with Crippen molar-refractivity contribution in [2.45, 2.75) is 19.3 Å². The quantitative estimate of drug-likeness (QED) is 0.313. The summed E-state index contributed by atoms with van der Waals surface area (Å²) in [5.41, 5.74) is 14.2. The van der Waals surface area contributed by atoms with E-state index in [1.807, 2.05) is 12.1 Å². The van der Waals surface area contributed by atoms with Gasteiger partial charge in [-0.15, -0.1) is 0 Å². The average Bonchev–Trinajstić information content (AvgIpc) is 2.86. The van der Waals surface area contributed by atoms with Crippen molar-refractivity contribution in [1.29, 1.82) is 0 Å². The lowest BCUT2D eigenvalue weighted by atomic mass is 10.1. The number of hydrogen-bond acceptors (Lipinski definition) is 10. The van der Waals surface area contributed by atoms with Gasteiger partial charge in [-0.05, 0) is 37.5 Å². The van der Waals surface area contributed by atoms with Gasteiger partial charge in [0.1, 0.15) is 22.3 Å². The molecule has 0 radical (unpaired) electrons. The molecule has 11 nitrogen and oxygen atoms in total. The molecule has 0 bridgehead atoms. The highest BCUT2D eigenvalue weighted by Crippen LogP contribution is 2.38. The molecule has 2 heterocycles. The van der Waals surface area contributed by atoms with Crippen LogP contribution in [0.25, 0.3) is 0 Å². The number of primary amides is 1. The highest BCUT2D eigenvalue weighted by Gasteiger charge is 2.18. The van der Waals surface area contributed by atoms with E-state index in [1.165, 1.54) is 25.8 Å². The molecule has 0 spiro atoms. The Morgan fingerprint density at radius 2 is 1.75 bits per heavy atom. The van der Waals surface area contributed by atoms with E-state index < -0.39 is 6.09 Å². The van der Waals surface area contributed by atoms with Gasteiger partial charge in [-0.1, -0.05) is 11.6 Å². The molecule has 0 saturated carbocycles. The largest absolute Gasteiger partial charge is 0.495 e. The lowest BCUT2D eigenvalue weighted by Gasteiger charge is -2.30. The van der Waals surface area contributed by atoms with Gasteiger partial charge in [0.15, 0.2) is 5.82 Å². The lowest BCUT2D eigenvalue weighted by molar-refractivity contribution is 0.211. The van der Waals surface area contributed by atoms with Crippen LogP contribution in [0, 0.1) is 0 Å². The zero-order valence-electron chi connectivity index (χ0n) is 20.0. The standard InChI is InChI=1S/C24H28ClN7O4/c1-34-20-7-6-14(36-23(27)33)10-17(20)29-22-15(25)13-28-24(31-22)30-18-11-16(26)19(12-21(18)35-2)32-8-4-3-5-9-32/h6-7,10-13H,3-5,8-9,26H2,1-2H3,(H2,27,33)(H2,28,29,30,31). The van der Waals surface area contributed by atoms with Crippen LogP contribution < -0.4 is 41.2 Å². The van der Waals surface area contributed by atoms with Gasteiger partial charge in [-0.2, -0.15) is 4.98 Å². The molecule has 36 heavy (non-hydrogen) atoms. The Morgan fingerprint density at radius 1 is 1.03 bits per heavy atom. The molecule has 1 fully saturated rings. The van der Waals surface area contributed by atoms with E-state index >= 15 is 0 Å². The van der Waals surface area contributed by atoms with Crippen molar-refractivity contribution in [3.05, 3.63) is 41.6 Å². The molecule has 0 atom stereocenters. The van der Waals surface area contributed by atoms with Gasteiger partial charge in [0, 0.05) is 25.2 Å². The number of methoxy groups -OCH3 is 2. The molecule has 0 unspecified atom stereocenters. The summed E-state index contributed by atoms with van der Waals surface area (Å²) in [5, 5.41) is 6.49. The summed E-state index contributed by atoms with van der Waals surface area (Å²) in [6.07, 6.45) is 4.02. The fourth-order valence-electron chi connectivity index (χ4n) is 3.99. The highest BCUT2D eigenvalue weighted by atomic mass is 35.5. The number of hydrogen-bond donors (Lipinski definition) is 4. The molecule has 190 valence electrons. The number of rotatable bonds is 8. The number of nitrogens with one attached hydrogen (secondary N) is 2. The van der Waals surface area contributed by atoms with Gasteiger partial charge in [-0.3, -0.25) is 0 Å². The SMILES string of the molecule is COc1cc(N2CCCCC2)c(N)cc1Nc1ncc(Cl)c(Nc2cc(OC(N)=O)ccc2OC)n1. The first-order valence-electron chi connectivity index (χ1n) is 11.3. The molecule has 1 aromatic heterocycles. The maximum absolute atomic E-state index is 11.1. The number of ether oxygens (including phenoxy) is 3. The number of amides is 1. The molecule has 1 aliphatic rings. The van der Waals surface area contributed by atoms with Crippen molar-refractivity contribution < 1.29 is 19.0 Å². The van der Waals surface area contributed by atoms with E-state index in [4.69, 9.17) is 37.3 Å². The molecule has 12 heteroatoms. The zero-order valence-corrected chi connectivity index (χ0v) is 20.8. The van der Waals surface area contributed by atoms with E-state index in [9.17, 15) is 4.79 Å². The number of benzene rings is 2. The van der Waals surface area contributed by atoms with Crippen molar-refractivity contribution in [3.63, 3.8) is 0 Å². The third-order valence-electron chi connectivity index (χ3n) is 5.68. The lowest BCUT2D eigenvalue weighted by Crippen LogP contribution is -2.30. The number of nitrogens with zero attached hydrogens (tertiary/aromatic N) is 3. The summed E-state index contributed by atoms with van der Waals surface area (Å²) < 4.78 is 15.9. The van der Waals surface area contributed by atoms with Gasteiger partial charge in [0.05, 0.1) is 43.2 Å². The molecule has 1 aliphatic heterocycles. The summed E-state index contributed by atoms with van der Waals surface area (Å²) in [5.74, 6) is 1.85. The first kappa shape index (κ1) is 25.0. The summed E-state index contributed by atoms with van der Waals surface area (Å²) in [7, 11) is 3.10. The van der Waals surface area contributed by atoms with Crippen LogP contribution in [-0.2, 0) is 0 Å². The molecule has 1 amide bonds. The number of nitrogens with two attached hydrogens (primary N) is 2. The Balaban J connectivity index is 1.60. The van der Waals surface area contributed by atoms with Gasteiger partial charge in [-0.25, -0.2) is 9.78 Å². The molecule has 3 aromatic rings.